The van der Waals surface area contributed by atoms with E-state index in [4.69, 9.17) is 0 Å². The van der Waals surface area contributed by atoms with Gasteiger partial charge in [0.1, 0.15) is 0 Å². The second-order valence-electron chi connectivity index (χ2n) is 26.7. The normalized spacial score (nSPS) is 18.9. The predicted molar refractivity (Wildman–Crippen MR) is 391 cm³/mol. The molecule has 8 aliphatic carbocycles. The fraction of sp³-hybridized carbons (Fsp3) is 0.400. The fourth-order valence-electron chi connectivity index (χ4n) is 17.1. The average molecular weight is 1300 g/mol. The summed E-state index contributed by atoms with van der Waals surface area (Å²) in [5, 5.41) is 0. The predicted octanol–water partition coefficient (Wildman–Crippen LogP) is 20.3. The van der Waals surface area contributed by atoms with Crippen molar-refractivity contribution in [2.75, 3.05) is 0 Å². The molecule has 0 atom stereocenters. The fourth-order valence-corrected chi connectivity index (χ4v) is 27.0. The lowest BCUT2D eigenvalue weighted by molar-refractivity contribution is 0.886. The highest BCUT2D eigenvalue weighted by atomic mass is 32.2. The van der Waals surface area contributed by atoms with E-state index >= 15 is 0 Å². The Bertz CT molecular complexity index is 3060. The average Bonchev–Trinajstić information content (AvgIpc) is 3.51. The summed E-state index contributed by atoms with van der Waals surface area (Å²) in [6, 6.07) is 38.9. The highest BCUT2D eigenvalue weighted by Crippen LogP contribution is 2.45. The van der Waals surface area contributed by atoms with Crippen LogP contribution in [0.5, 0.6) is 0 Å². The lowest BCUT2D eigenvalue weighted by Crippen LogP contribution is -2.07. The van der Waals surface area contributed by atoms with Gasteiger partial charge in [-0.05, 0) is 281 Å². The molecule has 0 aromatic heterocycles. The molecule has 0 saturated carbocycles. The van der Waals surface area contributed by atoms with Crippen LogP contribution in [0.1, 0.15) is 178 Å². The third kappa shape index (κ3) is 11.3. The molecular formula is C80H80S8. The highest BCUT2D eigenvalue weighted by Gasteiger charge is 2.29. The van der Waals surface area contributed by atoms with Gasteiger partial charge in [-0.3, -0.25) is 0 Å². The molecule has 0 radical (unpaired) electrons. The number of thioether (sulfide) groups is 8. The number of hydrogen-bond acceptors (Lipinski definition) is 8. The Morgan fingerprint density at radius 1 is 0.114 bits per heavy atom. The van der Waals surface area contributed by atoms with Gasteiger partial charge in [-0.15, -0.1) is 0 Å². The van der Waals surface area contributed by atoms with Crippen LogP contribution in [0.3, 0.4) is 0 Å². The molecule has 8 aromatic rings. The molecule has 16 bridgehead atoms. The maximum absolute atomic E-state index is 2.43. The van der Waals surface area contributed by atoms with Crippen molar-refractivity contribution >= 4 is 94.1 Å². The van der Waals surface area contributed by atoms with Crippen LogP contribution in [-0.2, 0) is 195 Å². The van der Waals surface area contributed by atoms with Crippen LogP contribution >= 0.6 is 94.1 Å². The maximum Gasteiger partial charge on any atom is 0.0193 e. The molecule has 8 heteroatoms. The van der Waals surface area contributed by atoms with Crippen molar-refractivity contribution in [1.29, 1.82) is 0 Å². The zero-order valence-electron chi connectivity index (χ0n) is 51.1. The van der Waals surface area contributed by atoms with E-state index in [0.29, 0.717) is 0 Å². The number of rotatable bonds is 0. The van der Waals surface area contributed by atoms with Crippen LogP contribution in [0, 0.1) is 0 Å². The van der Waals surface area contributed by atoms with Gasteiger partial charge < -0.3 is 0 Å². The van der Waals surface area contributed by atoms with Crippen LogP contribution in [-0.4, -0.2) is 0 Å². The lowest BCUT2D eigenvalue weighted by atomic mass is 9.87. The van der Waals surface area contributed by atoms with Gasteiger partial charge in [0.2, 0.25) is 0 Å². The Balaban J connectivity index is 0.0000000910. The van der Waals surface area contributed by atoms with E-state index in [2.05, 4.69) is 191 Å². The van der Waals surface area contributed by atoms with Crippen LogP contribution in [0.15, 0.2) is 97.1 Å². The summed E-state index contributed by atoms with van der Waals surface area (Å²) < 4.78 is 0. The number of benzene rings is 8. The first-order valence-corrected chi connectivity index (χ1v) is 42.5. The molecular weight excluding hydrogens is 1220 g/mol. The molecule has 0 unspecified atom stereocenters. The SMILES string of the molecule is c1cc2c3c(c1CCc1ccc(c4c1CSC4)CC2)CSC3.c1cc2c3c(c1CCc1ccc(c4c1CSC4)CC2)CSC3.c1cc2c3c(c1CCc1ccc(c4c1CSC4)CC2)CSC3.c1cc2c3c(c1CCc1ccc(c4c1CSC4)CC2)CSC3. The van der Waals surface area contributed by atoms with E-state index in [9.17, 15) is 0 Å². The quantitative estimate of drug-likeness (QED) is 0.145. The molecule has 88 heavy (non-hydrogen) atoms. The van der Waals surface area contributed by atoms with E-state index in [1.165, 1.54) is 195 Å². The van der Waals surface area contributed by atoms with Crippen molar-refractivity contribution in [3.05, 3.63) is 275 Å². The molecule has 0 amide bonds. The molecule has 0 spiro atoms. The van der Waals surface area contributed by atoms with Crippen molar-refractivity contribution in [2.45, 2.75) is 195 Å². The molecule has 0 saturated heterocycles. The summed E-state index contributed by atoms with van der Waals surface area (Å²) in [5.74, 6) is 19.8. The molecule has 8 aliphatic heterocycles. The minimum absolute atomic E-state index is 1.22. The van der Waals surface area contributed by atoms with E-state index in [1.807, 2.05) is 0 Å². The largest absolute Gasteiger partial charge is 0.152 e. The standard InChI is InChI=1S/4C20H20S2/c4*1-2-14-7-8-16-4-3-15(19-11-22-12-20(16)19)6-5-13(1)17-9-21-10-18(14)17/h4*1-4H,5-12H2. The molecule has 8 heterocycles. The second kappa shape index (κ2) is 25.8. The summed E-state index contributed by atoms with van der Waals surface area (Å²) in [7, 11) is 0. The summed E-state index contributed by atoms with van der Waals surface area (Å²) in [4.78, 5) is 0. The van der Waals surface area contributed by atoms with Gasteiger partial charge in [-0.1, -0.05) is 97.1 Å². The van der Waals surface area contributed by atoms with Gasteiger partial charge in [0.15, 0.2) is 0 Å². The van der Waals surface area contributed by atoms with Gasteiger partial charge >= 0.3 is 0 Å². The molecule has 0 N–H and O–H groups in total. The van der Waals surface area contributed by atoms with Crippen molar-refractivity contribution < 1.29 is 0 Å². The topological polar surface area (TPSA) is 0 Å². The Morgan fingerprint density at radius 2 is 0.182 bits per heavy atom. The summed E-state index contributed by atoms with van der Waals surface area (Å²) >= 11 is 16.8. The zero-order chi connectivity index (χ0) is 58.1. The minimum atomic E-state index is 1.22. The van der Waals surface area contributed by atoms with Crippen molar-refractivity contribution in [3.8, 4) is 0 Å². The summed E-state index contributed by atoms with van der Waals surface area (Å²) in [6.45, 7) is 0. The van der Waals surface area contributed by atoms with Gasteiger partial charge in [-0.2, -0.15) is 94.1 Å². The lowest BCUT2D eigenvalue weighted by Gasteiger charge is -2.18. The van der Waals surface area contributed by atoms with Gasteiger partial charge in [-0.25, -0.2) is 0 Å². The molecule has 0 fully saturated rings. The van der Waals surface area contributed by atoms with Gasteiger partial charge in [0, 0.05) is 92.0 Å². The Kier molecular flexibility index (Phi) is 17.1. The first kappa shape index (κ1) is 58.4. The van der Waals surface area contributed by atoms with E-state index in [0.717, 1.165) is 0 Å². The van der Waals surface area contributed by atoms with Crippen LogP contribution in [0.25, 0.3) is 0 Å². The third-order valence-electron chi connectivity index (χ3n) is 22.3. The second-order valence-corrected chi connectivity index (χ2v) is 34.6. The smallest absolute Gasteiger partial charge is 0.0193 e. The minimum Gasteiger partial charge on any atom is -0.152 e. The summed E-state index contributed by atoms with van der Waals surface area (Å²) in [6.07, 6.45) is 19.5. The van der Waals surface area contributed by atoms with Crippen molar-refractivity contribution in [1.82, 2.24) is 0 Å². The Labute approximate surface area is 558 Å². The first-order valence-electron chi connectivity index (χ1n) is 33.2. The van der Waals surface area contributed by atoms with Crippen LogP contribution in [0.2, 0.25) is 0 Å². The van der Waals surface area contributed by atoms with Gasteiger partial charge in [0.05, 0.1) is 0 Å². The molecule has 0 nitrogen and oxygen atoms in total. The number of hydrogen-bond donors (Lipinski definition) is 0. The Hall–Kier alpha value is -3.44. The summed E-state index contributed by atoms with van der Waals surface area (Å²) in [5.41, 5.74) is 52.8. The van der Waals surface area contributed by atoms with Crippen molar-refractivity contribution in [3.63, 3.8) is 0 Å². The van der Waals surface area contributed by atoms with E-state index < -0.39 is 0 Å². The maximum atomic E-state index is 2.43. The molecule has 16 aliphatic rings. The Morgan fingerprint density at radius 3 is 0.250 bits per heavy atom. The van der Waals surface area contributed by atoms with E-state index in [1.54, 1.807) is 178 Å². The number of fused-ring (bicyclic) bond motifs is 16. The van der Waals surface area contributed by atoms with Gasteiger partial charge in [0.25, 0.3) is 0 Å². The zero-order valence-corrected chi connectivity index (χ0v) is 57.7. The molecule has 24 rings (SSSR count). The molecule has 448 valence electrons. The molecule has 8 aromatic carbocycles. The monoisotopic (exact) mass is 1300 g/mol. The number of aryl methyl sites for hydroxylation is 16. The van der Waals surface area contributed by atoms with Crippen molar-refractivity contribution in [2.24, 2.45) is 0 Å². The first-order chi connectivity index (χ1) is 43.6. The highest BCUT2D eigenvalue weighted by molar-refractivity contribution is 7.99. The van der Waals surface area contributed by atoms with E-state index in [-0.39, 0.29) is 0 Å². The van der Waals surface area contributed by atoms with Crippen LogP contribution < -0.4 is 0 Å². The van der Waals surface area contributed by atoms with Crippen LogP contribution in [0.4, 0.5) is 0 Å². The third-order valence-corrected chi connectivity index (χ3v) is 30.1.